The smallest absolute Gasteiger partial charge is 0.302 e. The Hall–Kier alpha value is -1.61. The summed E-state index contributed by atoms with van der Waals surface area (Å²) in [6.45, 7) is 4.77. The van der Waals surface area contributed by atoms with Gasteiger partial charge >= 0.3 is 5.97 Å². The molecule has 0 N–H and O–H groups in total. The third kappa shape index (κ3) is 2.88. The molecule has 0 aromatic heterocycles. The summed E-state index contributed by atoms with van der Waals surface area (Å²) in [5, 5.41) is 0. The number of hydrogen-bond donors (Lipinski definition) is 0. The van der Waals surface area contributed by atoms with Crippen molar-refractivity contribution in [2.75, 3.05) is 13.2 Å². The molecule has 3 heteroatoms. The van der Waals surface area contributed by atoms with Gasteiger partial charge in [0.2, 0.25) is 0 Å². The minimum absolute atomic E-state index is 0.0405. The fraction of sp³-hybridized carbons (Fsp3) is 0.500. The summed E-state index contributed by atoms with van der Waals surface area (Å²) in [5.74, 6) is 0.169. The van der Waals surface area contributed by atoms with Crippen molar-refractivity contribution >= 4 is 5.97 Å². The average molecular weight is 286 g/mol. The zero-order valence-electron chi connectivity index (χ0n) is 12.7. The molecular formula is C18H22O3. The molecule has 112 valence electrons. The molecule has 1 aliphatic heterocycles. The summed E-state index contributed by atoms with van der Waals surface area (Å²) >= 11 is 0. The number of benzene rings is 1. The molecule has 0 radical (unpaired) electrons. The summed E-state index contributed by atoms with van der Waals surface area (Å²) in [6.07, 6.45) is 4.38. The van der Waals surface area contributed by atoms with Crippen LogP contribution in [0.1, 0.15) is 38.4 Å². The second kappa shape index (κ2) is 5.64. The van der Waals surface area contributed by atoms with E-state index < -0.39 is 0 Å². The molecule has 3 rings (SSSR count). The molecule has 3 atom stereocenters. The normalized spacial score (nSPS) is 31.4. The van der Waals surface area contributed by atoms with Gasteiger partial charge in [-0.05, 0) is 25.3 Å². The van der Waals surface area contributed by atoms with Gasteiger partial charge in [-0.25, -0.2) is 0 Å². The first kappa shape index (κ1) is 14.3. The second-order valence-corrected chi connectivity index (χ2v) is 6.39. The van der Waals surface area contributed by atoms with Crippen LogP contribution in [0.25, 0.3) is 0 Å². The number of hydrogen-bond acceptors (Lipinski definition) is 3. The van der Waals surface area contributed by atoms with Crippen molar-refractivity contribution in [3.63, 3.8) is 0 Å². The SMILES string of the molecule is CC(=O)OCC12CC=C(C)C(C1)C(c1ccccc1)OC2. The predicted octanol–water partition coefficient (Wildman–Crippen LogP) is 3.66. The summed E-state index contributed by atoms with van der Waals surface area (Å²) in [7, 11) is 0. The molecule has 1 aliphatic carbocycles. The maximum absolute atomic E-state index is 11.1. The van der Waals surface area contributed by atoms with E-state index in [0.717, 1.165) is 12.8 Å². The van der Waals surface area contributed by atoms with E-state index in [1.807, 2.05) is 6.07 Å². The summed E-state index contributed by atoms with van der Waals surface area (Å²) in [5.41, 5.74) is 2.58. The van der Waals surface area contributed by atoms with Gasteiger partial charge < -0.3 is 9.47 Å². The molecule has 1 saturated heterocycles. The zero-order valence-corrected chi connectivity index (χ0v) is 12.7. The quantitative estimate of drug-likeness (QED) is 0.628. The van der Waals surface area contributed by atoms with Crippen LogP contribution in [0.2, 0.25) is 0 Å². The number of esters is 1. The number of carbonyl (C=O) groups is 1. The van der Waals surface area contributed by atoms with Gasteiger partial charge in [0.15, 0.2) is 0 Å². The lowest BCUT2D eigenvalue weighted by Gasteiger charge is -2.47. The van der Waals surface area contributed by atoms with Crippen molar-refractivity contribution in [3.8, 4) is 0 Å². The fourth-order valence-electron chi connectivity index (χ4n) is 3.47. The Balaban J connectivity index is 1.81. The van der Waals surface area contributed by atoms with Crippen LogP contribution in [-0.4, -0.2) is 19.2 Å². The van der Waals surface area contributed by atoms with Gasteiger partial charge in [0.05, 0.1) is 19.3 Å². The molecule has 0 amide bonds. The molecule has 0 saturated carbocycles. The lowest BCUT2D eigenvalue weighted by molar-refractivity contribution is -0.156. The van der Waals surface area contributed by atoms with Crippen molar-refractivity contribution in [3.05, 3.63) is 47.5 Å². The lowest BCUT2D eigenvalue weighted by Crippen LogP contribution is -2.44. The van der Waals surface area contributed by atoms with Crippen LogP contribution in [0.4, 0.5) is 0 Å². The van der Waals surface area contributed by atoms with Crippen molar-refractivity contribution in [1.29, 1.82) is 0 Å². The average Bonchev–Trinajstić information content (AvgIpc) is 2.51. The van der Waals surface area contributed by atoms with E-state index in [1.165, 1.54) is 18.1 Å². The Kier molecular flexibility index (Phi) is 3.85. The largest absolute Gasteiger partial charge is 0.465 e. The van der Waals surface area contributed by atoms with Gasteiger partial charge in [-0.15, -0.1) is 0 Å². The summed E-state index contributed by atoms with van der Waals surface area (Å²) in [6, 6.07) is 10.4. The minimum Gasteiger partial charge on any atom is -0.465 e. The van der Waals surface area contributed by atoms with Crippen molar-refractivity contribution < 1.29 is 14.3 Å². The Morgan fingerprint density at radius 2 is 2.14 bits per heavy atom. The Bertz CT molecular complexity index is 549. The predicted molar refractivity (Wildman–Crippen MR) is 80.7 cm³/mol. The Morgan fingerprint density at radius 1 is 1.38 bits per heavy atom. The summed E-state index contributed by atoms with van der Waals surface area (Å²) in [4.78, 5) is 11.1. The van der Waals surface area contributed by atoms with Crippen molar-refractivity contribution in [2.24, 2.45) is 11.3 Å². The highest BCUT2D eigenvalue weighted by atomic mass is 16.5. The molecule has 0 spiro atoms. The number of rotatable bonds is 3. The molecule has 1 heterocycles. The molecule has 1 aromatic carbocycles. The topological polar surface area (TPSA) is 35.5 Å². The Labute approximate surface area is 125 Å². The van der Waals surface area contributed by atoms with E-state index in [9.17, 15) is 4.79 Å². The van der Waals surface area contributed by atoms with Gasteiger partial charge in [-0.3, -0.25) is 4.79 Å². The van der Waals surface area contributed by atoms with Gasteiger partial charge in [-0.1, -0.05) is 42.0 Å². The van der Waals surface area contributed by atoms with Crippen LogP contribution in [-0.2, 0) is 14.3 Å². The molecule has 2 bridgehead atoms. The number of fused-ring (bicyclic) bond motifs is 2. The van der Waals surface area contributed by atoms with Crippen LogP contribution in [0.15, 0.2) is 42.0 Å². The van der Waals surface area contributed by atoms with Crippen LogP contribution in [0.3, 0.4) is 0 Å². The number of carbonyl (C=O) groups excluding carboxylic acids is 1. The summed E-state index contributed by atoms with van der Waals surface area (Å²) < 4.78 is 11.5. The molecule has 1 fully saturated rings. The standard InChI is InChI=1S/C18H22O3/c1-13-8-9-18(11-20-14(2)19)10-16(13)17(21-12-18)15-6-4-3-5-7-15/h3-8,16-17H,9-12H2,1-2H3. The molecule has 2 aliphatic rings. The first-order valence-corrected chi connectivity index (χ1v) is 7.56. The van der Waals surface area contributed by atoms with E-state index in [1.54, 1.807) is 0 Å². The van der Waals surface area contributed by atoms with Crippen LogP contribution >= 0.6 is 0 Å². The zero-order chi connectivity index (χ0) is 14.9. The fourth-order valence-corrected chi connectivity index (χ4v) is 3.47. The van der Waals surface area contributed by atoms with E-state index in [4.69, 9.17) is 9.47 Å². The van der Waals surface area contributed by atoms with E-state index in [2.05, 4.69) is 37.3 Å². The van der Waals surface area contributed by atoms with Crippen molar-refractivity contribution in [1.82, 2.24) is 0 Å². The lowest BCUT2D eigenvalue weighted by atomic mass is 9.67. The van der Waals surface area contributed by atoms with Gasteiger partial charge in [-0.2, -0.15) is 0 Å². The first-order chi connectivity index (χ1) is 10.1. The molecular weight excluding hydrogens is 264 g/mol. The molecule has 21 heavy (non-hydrogen) atoms. The molecule has 3 nitrogen and oxygen atoms in total. The maximum atomic E-state index is 11.1. The second-order valence-electron chi connectivity index (χ2n) is 6.39. The number of ether oxygens (including phenoxy) is 2. The minimum atomic E-state index is -0.211. The monoisotopic (exact) mass is 286 g/mol. The van der Waals surface area contributed by atoms with Crippen LogP contribution < -0.4 is 0 Å². The first-order valence-electron chi connectivity index (χ1n) is 7.56. The van der Waals surface area contributed by atoms with Gasteiger partial charge in [0.1, 0.15) is 0 Å². The molecule has 1 aromatic rings. The van der Waals surface area contributed by atoms with Gasteiger partial charge in [0.25, 0.3) is 0 Å². The Morgan fingerprint density at radius 3 is 2.86 bits per heavy atom. The van der Waals surface area contributed by atoms with Crippen LogP contribution in [0, 0.1) is 11.3 Å². The third-order valence-electron chi connectivity index (χ3n) is 4.74. The maximum Gasteiger partial charge on any atom is 0.302 e. The third-order valence-corrected chi connectivity index (χ3v) is 4.74. The number of allylic oxidation sites excluding steroid dienone is 1. The van der Waals surface area contributed by atoms with Crippen LogP contribution in [0.5, 0.6) is 0 Å². The van der Waals surface area contributed by atoms with Crippen molar-refractivity contribution in [2.45, 2.75) is 32.8 Å². The van der Waals surface area contributed by atoms with Gasteiger partial charge in [0, 0.05) is 18.3 Å². The van der Waals surface area contributed by atoms with E-state index >= 15 is 0 Å². The van der Waals surface area contributed by atoms with E-state index in [0.29, 0.717) is 19.1 Å². The van der Waals surface area contributed by atoms with E-state index in [-0.39, 0.29) is 17.5 Å². The molecule has 3 unspecified atom stereocenters. The highest BCUT2D eigenvalue weighted by Crippen LogP contribution is 2.50. The highest BCUT2D eigenvalue weighted by Gasteiger charge is 2.45. The highest BCUT2D eigenvalue weighted by molar-refractivity contribution is 5.65.